The molecule has 0 spiro atoms. The van der Waals surface area contributed by atoms with Crippen molar-refractivity contribution in [3.8, 4) is 0 Å². The maximum atomic E-state index is 5.82. The molecule has 0 aromatic carbocycles. The van der Waals surface area contributed by atoms with Gasteiger partial charge in [0.1, 0.15) is 11.6 Å². The number of hydrogen-bond acceptors (Lipinski definition) is 4. The van der Waals surface area contributed by atoms with E-state index >= 15 is 0 Å². The van der Waals surface area contributed by atoms with Crippen molar-refractivity contribution in [3.05, 3.63) is 24.3 Å². The Labute approximate surface area is 102 Å². The first-order valence-electron chi connectivity index (χ1n) is 5.91. The van der Waals surface area contributed by atoms with Gasteiger partial charge in [0.05, 0.1) is 0 Å². The molecule has 0 radical (unpaired) electrons. The van der Waals surface area contributed by atoms with E-state index in [2.05, 4.69) is 30.3 Å². The van der Waals surface area contributed by atoms with Crippen molar-refractivity contribution in [1.29, 1.82) is 0 Å². The minimum atomic E-state index is 0.102. The second-order valence-corrected chi connectivity index (χ2v) is 5.20. The lowest BCUT2D eigenvalue weighted by molar-refractivity contribution is 0.514. The molecule has 4 nitrogen and oxygen atoms in total. The van der Waals surface area contributed by atoms with Gasteiger partial charge in [0, 0.05) is 23.3 Å². The van der Waals surface area contributed by atoms with Crippen molar-refractivity contribution in [1.82, 2.24) is 4.98 Å². The van der Waals surface area contributed by atoms with Crippen molar-refractivity contribution in [2.24, 2.45) is 5.73 Å². The highest BCUT2D eigenvalue weighted by Gasteiger charge is 2.34. The van der Waals surface area contributed by atoms with Gasteiger partial charge in [0.15, 0.2) is 0 Å². The molecule has 1 aromatic rings. The quantitative estimate of drug-likeness (QED) is 0.818. The molecule has 0 saturated carbocycles. The predicted octanol–water partition coefficient (Wildman–Crippen LogP) is 1.97. The number of pyridine rings is 1. The first-order valence-corrected chi connectivity index (χ1v) is 5.91. The van der Waals surface area contributed by atoms with Crippen LogP contribution in [0.4, 0.5) is 11.6 Å². The van der Waals surface area contributed by atoms with Crippen LogP contribution in [0.2, 0.25) is 0 Å². The molecule has 0 aliphatic carbocycles. The van der Waals surface area contributed by atoms with Crippen LogP contribution >= 0.6 is 0 Å². The Morgan fingerprint density at radius 3 is 2.71 bits per heavy atom. The molecule has 2 heterocycles. The normalized spacial score (nSPS) is 18.4. The molecule has 1 saturated heterocycles. The van der Waals surface area contributed by atoms with E-state index in [1.165, 1.54) is 6.42 Å². The lowest BCUT2D eigenvalue weighted by atomic mass is 10.0. The van der Waals surface area contributed by atoms with Gasteiger partial charge in [0.2, 0.25) is 0 Å². The SMILES string of the molecule is C=C(N)c1ccc(N)nc1N1CCCC1(C)C. The van der Waals surface area contributed by atoms with Gasteiger partial charge in [-0.05, 0) is 38.8 Å². The van der Waals surface area contributed by atoms with Gasteiger partial charge in [0.25, 0.3) is 0 Å². The smallest absolute Gasteiger partial charge is 0.140 e. The van der Waals surface area contributed by atoms with Gasteiger partial charge in [-0.15, -0.1) is 0 Å². The van der Waals surface area contributed by atoms with Crippen molar-refractivity contribution in [2.45, 2.75) is 32.2 Å². The third-order valence-corrected chi connectivity index (χ3v) is 3.40. The summed E-state index contributed by atoms with van der Waals surface area (Å²) in [6.45, 7) is 9.23. The van der Waals surface area contributed by atoms with E-state index < -0.39 is 0 Å². The predicted molar refractivity (Wildman–Crippen MR) is 72.5 cm³/mol. The van der Waals surface area contributed by atoms with E-state index in [1.807, 2.05) is 6.07 Å². The van der Waals surface area contributed by atoms with E-state index in [0.29, 0.717) is 11.5 Å². The average molecular weight is 232 g/mol. The highest BCUT2D eigenvalue weighted by Crippen LogP contribution is 2.35. The zero-order valence-corrected chi connectivity index (χ0v) is 10.5. The van der Waals surface area contributed by atoms with Crippen molar-refractivity contribution in [3.63, 3.8) is 0 Å². The van der Waals surface area contributed by atoms with Crippen LogP contribution in [0.5, 0.6) is 0 Å². The number of nitrogens with two attached hydrogens (primary N) is 2. The molecule has 1 aromatic heterocycles. The fourth-order valence-corrected chi connectivity index (χ4v) is 2.42. The Kier molecular flexibility index (Phi) is 2.73. The topological polar surface area (TPSA) is 68.2 Å². The zero-order valence-electron chi connectivity index (χ0n) is 10.5. The van der Waals surface area contributed by atoms with E-state index in [1.54, 1.807) is 6.07 Å². The van der Waals surface area contributed by atoms with Crippen LogP contribution in [-0.4, -0.2) is 17.1 Å². The monoisotopic (exact) mass is 232 g/mol. The van der Waals surface area contributed by atoms with E-state index in [9.17, 15) is 0 Å². The molecule has 1 fully saturated rings. The van der Waals surface area contributed by atoms with Crippen LogP contribution in [0.25, 0.3) is 5.70 Å². The number of nitrogen functional groups attached to an aromatic ring is 1. The Hall–Kier alpha value is -1.71. The third kappa shape index (κ3) is 2.07. The lowest BCUT2D eigenvalue weighted by Gasteiger charge is -2.34. The van der Waals surface area contributed by atoms with Gasteiger partial charge in [-0.3, -0.25) is 0 Å². The first kappa shape index (κ1) is 11.8. The average Bonchev–Trinajstić information content (AvgIpc) is 2.57. The summed E-state index contributed by atoms with van der Waals surface area (Å²) in [5.41, 5.74) is 13.1. The molecule has 0 atom stereocenters. The van der Waals surface area contributed by atoms with E-state index in [0.717, 1.165) is 24.3 Å². The Morgan fingerprint density at radius 1 is 1.47 bits per heavy atom. The van der Waals surface area contributed by atoms with Crippen LogP contribution in [0.1, 0.15) is 32.3 Å². The van der Waals surface area contributed by atoms with E-state index in [4.69, 9.17) is 11.5 Å². The standard InChI is InChI=1S/C13H20N4/c1-9(14)10-5-6-11(15)16-12(10)17-8-4-7-13(17,2)3/h5-6H,1,4,7-8,14H2,2-3H3,(H2,15,16). The Balaban J connectivity index is 2.50. The second kappa shape index (κ2) is 3.95. The second-order valence-electron chi connectivity index (χ2n) is 5.20. The van der Waals surface area contributed by atoms with Crippen LogP contribution in [0, 0.1) is 0 Å². The molecule has 2 rings (SSSR count). The molecule has 4 heteroatoms. The molecule has 0 unspecified atom stereocenters. The molecular formula is C13H20N4. The van der Waals surface area contributed by atoms with Crippen molar-refractivity contribution < 1.29 is 0 Å². The minimum absolute atomic E-state index is 0.102. The summed E-state index contributed by atoms with van der Waals surface area (Å²) in [5, 5.41) is 0. The van der Waals surface area contributed by atoms with Crippen LogP contribution in [-0.2, 0) is 0 Å². The van der Waals surface area contributed by atoms with Crippen LogP contribution in [0.3, 0.4) is 0 Å². The van der Waals surface area contributed by atoms with Gasteiger partial charge in [-0.25, -0.2) is 4.98 Å². The summed E-state index contributed by atoms with van der Waals surface area (Å²) in [6, 6.07) is 3.66. The molecule has 1 aliphatic heterocycles. The summed E-state index contributed by atoms with van der Waals surface area (Å²) >= 11 is 0. The lowest BCUT2D eigenvalue weighted by Crippen LogP contribution is -2.39. The number of rotatable bonds is 2. The molecule has 0 amide bonds. The summed E-state index contributed by atoms with van der Waals surface area (Å²) < 4.78 is 0. The summed E-state index contributed by atoms with van der Waals surface area (Å²) in [5.74, 6) is 1.38. The van der Waals surface area contributed by atoms with Crippen LogP contribution in [0.15, 0.2) is 18.7 Å². The fourth-order valence-electron chi connectivity index (χ4n) is 2.42. The number of aromatic nitrogens is 1. The van der Waals surface area contributed by atoms with Crippen LogP contribution < -0.4 is 16.4 Å². The number of nitrogens with zero attached hydrogens (tertiary/aromatic N) is 2. The minimum Gasteiger partial charge on any atom is -0.399 e. The highest BCUT2D eigenvalue weighted by atomic mass is 15.3. The first-order chi connectivity index (χ1) is 7.92. The maximum Gasteiger partial charge on any atom is 0.140 e. The third-order valence-electron chi connectivity index (χ3n) is 3.40. The molecular weight excluding hydrogens is 212 g/mol. The Morgan fingerprint density at radius 2 is 2.18 bits per heavy atom. The summed E-state index contributed by atoms with van der Waals surface area (Å²) in [4.78, 5) is 6.71. The van der Waals surface area contributed by atoms with Gasteiger partial charge in [-0.1, -0.05) is 6.58 Å². The van der Waals surface area contributed by atoms with E-state index in [-0.39, 0.29) is 5.54 Å². The van der Waals surface area contributed by atoms with Gasteiger partial charge >= 0.3 is 0 Å². The number of anilines is 2. The summed E-state index contributed by atoms with van der Waals surface area (Å²) in [7, 11) is 0. The molecule has 92 valence electrons. The van der Waals surface area contributed by atoms with Gasteiger partial charge in [-0.2, -0.15) is 0 Å². The highest BCUT2D eigenvalue weighted by molar-refractivity contribution is 5.73. The molecule has 4 N–H and O–H groups in total. The Bertz CT molecular complexity index is 451. The summed E-state index contributed by atoms with van der Waals surface area (Å²) in [6.07, 6.45) is 2.32. The van der Waals surface area contributed by atoms with Crippen molar-refractivity contribution in [2.75, 3.05) is 17.2 Å². The maximum absolute atomic E-state index is 5.82. The fraction of sp³-hybridized carbons (Fsp3) is 0.462. The van der Waals surface area contributed by atoms with Gasteiger partial charge < -0.3 is 16.4 Å². The number of hydrogen-bond donors (Lipinski definition) is 2. The largest absolute Gasteiger partial charge is 0.399 e. The zero-order chi connectivity index (χ0) is 12.6. The molecule has 17 heavy (non-hydrogen) atoms. The molecule has 1 aliphatic rings. The van der Waals surface area contributed by atoms with Crippen molar-refractivity contribution >= 4 is 17.3 Å². The molecule has 0 bridgehead atoms.